The number of para-hydroxylation sites is 2. The number of methoxy groups -OCH3 is 1. The summed E-state index contributed by atoms with van der Waals surface area (Å²) in [5.41, 5.74) is 5.91. The first-order valence-corrected chi connectivity index (χ1v) is 8.17. The number of ether oxygens (including phenoxy) is 1. The number of hydrazine groups is 1. The summed E-state index contributed by atoms with van der Waals surface area (Å²) >= 11 is 3.06. The second-order valence-corrected chi connectivity index (χ2v) is 5.93. The van der Waals surface area contributed by atoms with Crippen LogP contribution in [0.4, 0.5) is 10.1 Å². The van der Waals surface area contributed by atoms with E-state index in [0.29, 0.717) is 17.0 Å². The summed E-state index contributed by atoms with van der Waals surface area (Å²) in [6.45, 7) is -0.0389. The molecule has 0 saturated heterocycles. The SMILES string of the molecule is COc1ccccc1NCC(=O)NNC(=O)Cc1ccc(F)c(Br)c1. The lowest BCUT2D eigenvalue weighted by molar-refractivity contribution is -0.127. The third-order valence-corrected chi connectivity index (χ3v) is 3.84. The monoisotopic (exact) mass is 409 g/mol. The van der Waals surface area contributed by atoms with Gasteiger partial charge in [-0.05, 0) is 45.8 Å². The fourth-order valence-corrected chi connectivity index (χ4v) is 2.46. The van der Waals surface area contributed by atoms with Crippen molar-refractivity contribution >= 4 is 33.4 Å². The average molecular weight is 410 g/mol. The van der Waals surface area contributed by atoms with Crippen molar-refractivity contribution in [3.63, 3.8) is 0 Å². The normalized spacial score (nSPS) is 10.0. The van der Waals surface area contributed by atoms with Crippen LogP contribution in [0.15, 0.2) is 46.9 Å². The van der Waals surface area contributed by atoms with E-state index in [4.69, 9.17) is 4.74 Å². The second kappa shape index (κ2) is 9.03. The Morgan fingerprint density at radius 2 is 1.84 bits per heavy atom. The van der Waals surface area contributed by atoms with Gasteiger partial charge in [0.2, 0.25) is 5.91 Å². The Hall–Kier alpha value is -2.61. The first-order chi connectivity index (χ1) is 12.0. The standard InChI is InChI=1S/C17H17BrFN3O3/c1-25-15-5-3-2-4-14(15)20-10-17(24)22-21-16(23)9-11-6-7-13(19)12(18)8-11/h2-8,20H,9-10H2,1H3,(H,21,23)(H,22,24). The number of rotatable bonds is 6. The molecule has 0 spiro atoms. The molecular weight excluding hydrogens is 393 g/mol. The predicted molar refractivity (Wildman–Crippen MR) is 95.6 cm³/mol. The van der Waals surface area contributed by atoms with Gasteiger partial charge in [0.25, 0.3) is 5.91 Å². The van der Waals surface area contributed by atoms with Crippen molar-refractivity contribution in [3.8, 4) is 5.75 Å². The van der Waals surface area contributed by atoms with Crippen LogP contribution in [0.3, 0.4) is 0 Å². The summed E-state index contributed by atoms with van der Waals surface area (Å²) in [6.07, 6.45) is 0.0130. The van der Waals surface area contributed by atoms with Crippen LogP contribution >= 0.6 is 15.9 Å². The van der Waals surface area contributed by atoms with Crippen LogP contribution in [0, 0.1) is 5.82 Å². The summed E-state index contributed by atoms with van der Waals surface area (Å²) in [5.74, 6) is -0.621. The van der Waals surface area contributed by atoms with E-state index < -0.39 is 17.6 Å². The molecule has 0 aliphatic rings. The second-order valence-electron chi connectivity index (χ2n) is 5.08. The summed E-state index contributed by atoms with van der Waals surface area (Å²) < 4.78 is 18.6. The molecule has 2 amide bonds. The van der Waals surface area contributed by atoms with Crippen LogP contribution in [0.2, 0.25) is 0 Å². The largest absolute Gasteiger partial charge is 0.495 e. The van der Waals surface area contributed by atoms with E-state index in [2.05, 4.69) is 32.1 Å². The van der Waals surface area contributed by atoms with Crippen molar-refractivity contribution in [1.29, 1.82) is 0 Å². The number of nitrogens with one attached hydrogen (secondary N) is 3. The molecular formula is C17H17BrFN3O3. The molecule has 132 valence electrons. The fraction of sp³-hybridized carbons (Fsp3) is 0.176. The van der Waals surface area contributed by atoms with Crippen LogP contribution in [0.1, 0.15) is 5.56 Å². The molecule has 0 heterocycles. The van der Waals surface area contributed by atoms with E-state index in [-0.39, 0.29) is 17.4 Å². The third-order valence-electron chi connectivity index (χ3n) is 3.24. The van der Waals surface area contributed by atoms with Crippen molar-refractivity contribution in [2.24, 2.45) is 0 Å². The van der Waals surface area contributed by atoms with E-state index in [0.717, 1.165) is 0 Å². The van der Waals surface area contributed by atoms with Crippen molar-refractivity contribution in [3.05, 3.63) is 58.3 Å². The lowest BCUT2D eigenvalue weighted by atomic mass is 10.1. The van der Waals surface area contributed by atoms with Crippen molar-refractivity contribution < 1.29 is 18.7 Å². The Labute approximate surface area is 152 Å². The minimum Gasteiger partial charge on any atom is -0.495 e. The highest BCUT2D eigenvalue weighted by atomic mass is 79.9. The molecule has 0 fully saturated rings. The van der Waals surface area contributed by atoms with Gasteiger partial charge in [-0.15, -0.1) is 0 Å². The summed E-state index contributed by atoms with van der Waals surface area (Å²) in [5, 5.41) is 2.91. The zero-order valence-electron chi connectivity index (χ0n) is 13.4. The van der Waals surface area contributed by atoms with Crippen LogP contribution in [0.25, 0.3) is 0 Å². The Balaban J connectivity index is 1.77. The van der Waals surface area contributed by atoms with Gasteiger partial charge in [-0.25, -0.2) is 4.39 Å². The third kappa shape index (κ3) is 5.75. The lowest BCUT2D eigenvalue weighted by Crippen LogP contribution is -2.44. The first kappa shape index (κ1) is 18.7. The van der Waals surface area contributed by atoms with Crippen LogP contribution in [-0.2, 0) is 16.0 Å². The molecule has 2 aromatic carbocycles. The highest BCUT2D eigenvalue weighted by Gasteiger charge is 2.08. The smallest absolute Gasteiger partial charge is 0.257 e. The number of hydrogen-bond donors (Lipinski definition) is 3. The highest BCUT2D eigenvalue weighted by Crippen LogP contribution is 2.22. The van der Waals surface area contributed by atoms with Gasteiger partial charge >= 0.3 is 0 Å². The fourth-order valence-electron chi connectivity index (χ4n) is 2.03. The summed E-state index contributed by atoms with van der Waals surface area (Å²) in [4.78, 5) is 23.6. The van der Waals surface area contributed by atoms with Crippen LogP contribution in [0.5, 0.6) is 5.75 Å². The molecule has 0 saturated carbocycles. The lowest BCUT2D eigenvalue weighted by Gasteiger charge is -2.11. The van der Waals surface area contributed by atoms with E-state index >= 15 is 0 Å². The van der Waals surface area contributed by atoms with Crippen LogP contribution in [-0.4, -0.2) is 25.5 Å². The molecule has 2 rings (SSSR count). The number of hydrogen-bond acceptors (Lipinski definition) is 4. The molecule has 0 aliphatic carbocycles. The number of carbonyl (C=O) groups is 2. The summed E-state index contributed by atoms with van der Waals surface area (Å²) in [6, 6.07) is 11.5. The minimum absolute atomic E-state index is 0.0130. The molecule has 0 unspecified atom stereocenters. The van der Waals surface area contributed by atoms with Gasteiger partial charge in [-0.1, -0.05) is 18.2 Å². The Bertz CT molecular complexity index is 771. The Morgan fingerprint density at radius 3 is 2.56 bits per heavy atom. The molecule has 0 aromatic heterocycles. The maximum Gasteiger partial charge on any atom is 0.257 e. The molecule has 8 heteroatoms. The van der Waals surface area contributed by atoms with Gasteiger partial charge in [0.05, 0.1) is 30.2 Å². The molecule has 0 radical (unpaired) electrons. The van der Waals surface area contributed by atoms with Crippen molar-refractivity contribution in [1.82, 2.24) is 10.9 Å². The number of carbonyl (C=O) groups excluding carboxylic acids is 2. The van der Waals surface area contributed by atoms with E-state index in [1.807, 2.05) is 12.1 Å². The predicted octanol–water partition coefficient (Wildman–Crippen LogP) is 2.40. The van der Waals surface area contributed by atoms with Crippen molar-refractivity contribution in [2.45, 2.75) is 6.42 Å². The van der Waals surface area contributed by atoms with Gasteiger partial charge in [0.15, 0.2) is 0 Å². The van der Waals surface area contributed by atoms with Gasteiger partial charge in [-0.3, -0.25) is 20.4 Å². The van der Waals surface area contributed by atoms with Crippen LogP contribution < -0.4 is 20.9 Å². The highest BCUT2D eigenvalue weighted by molar-refractivity contribution is 9.10. The molecule has 0 bridgehead atoms. The zero-order valence-corrected chi connectivity index (χ0v) is 15.0. The topological polar surface area (TPSA) is 79.5 Å². The van der Waals surface area contributed by atoms with Gasteiger partial charge in [-0.2, -0.15) is 0 Å². The quantitative estimate of drug-likeness (QED) is 0.640. The molecule has 25 heavy (non-hydrogen) atoms. The molecule has 0 aliphatic heterocycles. The van der Waals surface area contributed by atoms with Crippen molar-refractivity contribution in [2.75, 3.05) is 19.0 Å². The number of benzene rings is 2. The minimum atomic E-state index is -0.417. The maximum atomic E-state index is 13.1. The summed E-state index contributed by atoms with van der Waals surface area (Å²) in [7, 11) is 1.54. The molecule has 0 atom stereocenters. The average Bonchev–Trinajstić information content (AvgIpc) is 2.61. The van der Waals surface area contributed by atoms with E-state index in [9.17, 15) is 14.0 Å². The molecule has 3 N–H and O–H groups in total. The number of amides is 2. The first-order valence-electron chi connectivity index (χ1n) is 7.38. The number of anilines is 1. The maximum absolute atomic E-state index is 13.1. The van der Waals surface area contributed by atoms with Gasteiger partial charge in [0, 0.05) is 0 Å². The Morgan fingerprint density at radius 1 is 1.12 bits per heavy atom. The number of halogens is 2. The Kier molecular flexibility index (Phi) is 6.76. The van der Waals surface area contributed by atoms with Gasteiger partial charge < -0.3 is 10.1 Å². The molecule has 2 aromatic rings. The zero-order chi connectivity index (χ0) is 18.2. The van der Waals surface area contributed by atoms with Gasteiger partial charge in [0.1, 0.15) is 11.6 Å². The van der Waals surface area contributed by atoms with E-state index in [1.165, 1.54) is 25.3 Å². The van der Waals surface area contributed by atoms with E-state index in [1.54, 1.807) is 12.1 Å². The molecule has 6 nitrogen and oxygen atoms in total.